The van der Waals surface area contributed by atoms with Crippen LogP contribution in [0.25, 0.3) is 0 Å². The Morgan fingerprint density at radius 1 is 1.30 bits per heavy atom. The summed E-state index contributed by atoms with van der Waals surface area (Å²) >= 11 is 0. The molecule has 6 nitrogen and oxygen atoms in total. The van der Waals surface area contributed by atoms with Gasteiger partial charge in [0.1, 0.15) is 11.6 Å². The summed E-state index contributed by atoms with van der Waals surface area (Å²) in [7, 11) is 0. The number of carbonyl (C=O) groups excluding carboxylic acids is 1. The van der Waals surface area contributed by atoms with Crippen LogP contribution in [0.3, 0.4) is 0 Å². The van der Waals surface area contributed by atoms with Gasteiger partial charge in [-0.05, 0) is 55.7 Å². The number of benzene rings is 1. The SMILES string of the molecule is Cc1cnccc1C(=O)N1CCC[C@H](C2=CN(c3ccc(F)cc3)NO2)C1. The zero-order valence-corrected chi connectivity index (χ0v) is 15.1. The lowest BCUT2D eigenvalue weighted by atomic mass is 9.95. The first-order chi connectivity index (χ1) is 13.1. The van der Waals surface area contributed by atoms with Crippen molar-refractivity contribution < 1.29 is 14.0 Å². The lowest BCUT2D eigenvalue weighted by Crippen LogP contribution is -2.41. The van der Waals surface area contributed by atoms with Crippen LogP contribution < -0.4 is 10.6 Å². The fourth-order valence-corrected chi connectivity index (χ4v) is 3.48. The van der Waals surface area contributed by atoms with Gasteiger partial charge in [0, 0.05) is 37.0 Å². The number of rotatable bonds is 3. The molecular weight excluding hydrogens is 347 g/mol. The van der Waals surface area contributed by atoms with Crippen LogP contribution in [0.15, 0.2) is 54.7 Å². The predicted octanol–water partition coefficient (Wildman–Crippen LogP) is 3.18. The molecule has 2 aliphatic heterocycles. The van der Waals surface area contributed by atoms with Crippen LogP contribution in [0, 0.1) is 18.7 Å². The normalized spacial score (nSPS) is 19.6. The Bertz CT molecular complexity index is 869. The number of amides is 1. The molecule has 1 amide bonds. The van der Waals surface area contributed by atoms with E-state index in [0.717, 1.165) is 36.4 Å². The maximum absolute atomic E-state index is 13.1. The van der Waals surface area contributed by atoms with Crippen molar-refractivity contribution in [1.29, 1.82) is 0 Å². The molecule has 1 fully saturated rings. The monoisotopic (exact) mass is 368 g/mol. The topological polar surface area (TPSA) is 57.7 Å². The molecule has 0 saturated carbocycles. The van der Waals surface area contributed by atoms with Crippen LogP contribution in [0.1, 0.15) is 28.8 Å². The fourth-order valence-electron chi connectivity index (χ4n) is 3.48. The predicted molar refractivity (Wildman–Crippen MR) is 98.8 cm³/mol. The highest BCUT2D eigenvalue weighted by Gasteiger charge is 2.31. The number of hydrogen-bond donors (Lipinski definition) is 1. The Hall–Kier alpha value is -2.93. The summed E-state index contributed by atoms with van der Waals surface area (Å²) in [6.07, 6.45) is 7.09. The van der Waals surface area contributed by atoms with E-state index >= 15 is 0 Å². The Labute approximate surface area is 157 Å². The average molecular weight is 368 g/mol. The molecule has 2 aliphatic rings. The number of pyridine rings is 1. The molecule has 0 spiro atoms. The molecule has 3 heterocycles. The molecule has 27 heavy (non-hydrogen) atoms. The highest BCUT2D eigenvalue weighted by atomic mass is 19.1. The van der Waals surface area contributed by atoms with Gasteiger partial charge in [-0.1, -0.05) is 5.59 Å². The molecule has 2 aromatic rings. The number of carbonyl (C=O) groups is 1. The number of hydrogen-bond acceptors (Lipinski definition) is 5. The minimum absolute atomic E-state index is 0.0292. The summed E-state index contributed by atoms with van der Waals surface area (Å²) in [6, 6.07) is 7.92. The number of aryl methyl sites for hydroxylation is 1. The zero-order chi connectivity index (χ0) is 18.8. The van der Waals surface area contributed by atoms with Crippen LogP contribution in [0.2, 0.25) is 0 Å². The summed E-state index contributed by atoms with van der Waals surface area (Å²) in [6.45, 7) is 3.24. The first kappa shape index (κ1) is 17.5. The number of piperidine rings is 1. The molecule has 0 radical (unpaired) electrons. The summed E-state index contributed by atoms with van der Waals surface area (Å²) < 4.78 is 13.1. The maximum atomic E-state index is 13.1. The summed E-state index contributed by atoms with van der Waals surface area (Å²) in [5.41, 5.74) is 5.18. The van der Waals surface area contributed by atoms with Crippen LogP contribution in [-0.2, 0) is 4.84 Å². The van der Waals surface area contributed by atoms with E-state index in [0.29, 0.717) is 12.1 Å². The molecule has 4 rings (SSSR count). The Morgan fingerprint density at radius 3 is 2.89 bits per heavy atom. The summed E-state index contributed by atoms with van der Waals surface area (Å²) in [5, 5.41) is 1.71. The third-order valence-electron chi connectivity index (χ3n) is 4.98. The summed E-state index contributed by atoms with van der Waals surface area (Å²) in [4.78, 5) is 24.4. The number of anilines is 1. The molecule has 1 N–H and O–H groups in total. The fraction of sp³-hybridized carbons (Fsp3) is 0.300. The van der Waals surface area contributed by atoms with Gasteiger partial charge in [0.2, 0.25) is 0 Å². The number of nitrogens with one attached hydrogen (secondary N) is 1. The minimum Gasteiger partial charge on any atom is -0.391 e. The molecule has 1 atom stereocenters. The number of nitrogens with zero attached hydrogens (tertiary/aromatic N) is 3. The van der Waals surface area contributed by atoms with E-state index in [4.69, 9.17) is 4.84 Å². The molecule has 7 heteroatoms. The molecule has 140 valence electrons. The van der Waals surface area contributed by atoms with Gasteiger partial charge in [-0.15, -0.1) is 0 Å². The molecule has 0 bridgehead atoms. The van der Waals surface area contributed by atoms with Crippen molar-refractivity contribution in [3.05, 3.63) is 71.6 Å². The second-order valence-corrected chi connectivity index (χ2v) is 6.85. The van der Waals surface area contributed by atoms with E-state index < -0.39 is 0 Å². The largest absolute Gasteiger partial charge is 0.391 e. The van der Waals surface area contributed by atoms with Gasteiger partial charge < -0.3 is 9.74 Å². The van der Waals surface area contributed by atoms with E-state index in [9.17, 15) is 9.18 Å². The third-order valence-corrected chi connectivity index (χ3v) is 4.98. The van der Waals surface area contributed by atoms with Crippen LogP contribution in [0.5, 0.6) is 0 Å². The van der Waals surface area contributed by atoms with E-state index in [1.165, 1.54) is 12.1 Å². The maximum Gasteiger partial charge on any atom is 0.254 e. The smallest absolute Gasteiger partial charge is 0.254 e. The summed E-state index contributed by atoms with van der Waals surface area (Å²) in [5.74, 6) is 0.642. The number of halogens is 1. The van der Waals surface area contributed by atoms with Crippen molar-refractivity contribution >= 4 is 11.6 Å². The molecule has 1 aromatic heterocycles. The van der Waals surface area contributed by atoms with Gasteiger partial charge in [-0.25, -0.2) is 9.40 Å². The highest BCUT2D eigenvalue weighted by molar-refractivity contribution is 5.95. The second-order valence-electron chi connectivity index (χ2n) is 6.85. The van der Waals surface area contributed by atoms with Crippen molar-refractivity contribution in [2.75, 3.05) is 18.1 Å². The quantitative estimate of drug-likeness (QED) is 0.902. The van der Waals surface area contributed by atoms with Crippen molar-refractivity contribution in [2.24, 2.45) is 5.92 Å². The van der Waals surface area contributed by atoms with E-state index in [1.807, 2.05) is 18.0 Å². The van der Waals surface area contributed by atoms with Gasteiger partial charge in [-0.3, -0.25) is 9.78 Å². The third kappa shape index (κ3) is 3.64. The first-order valence-corrected chi connectivity index (χ1v) is 9.01. The van der Waals surface area contributed by atoms with Crippen LogP contribution in [-0.4, -0.2) is 28.9 Å². The Kier molecular flexibility index (Phi) is 4.77. The number of aromatic nitrogens is 1. The van der Waals surface area contributed by atoms with Gasteiger partial charge in [0.15, 0.2) is 0 Å². The zero-order valence-electron chi connectivity index (χ0n) is 15.1. The van der Waals surface area contributed by atoms with Crippen molar-refractivity contribution in [3.8, 4) is 0 Å². The lowest BCUT2D eigenvalue weighted by Gasteiger charge is -2.32. The van der Waals surface area contributed by atoms with Crippen molar-refractivity contribution in [3.63, 3.8) is 0 Å². The second kappa shape index (κ2) is 7.36. The van der Waals surface area contributed by atoms with Gasteiger partial charge in [0.25, 0.3) is 5.91 Å². The van der Waals surface area contributed by atoms with Gasteiger partial charge in [0.05, 0.1) is 11.9 Å². The first-order valence-electron chi connectivity index (χ1n) is 9.01. The highest BCUT2D eigenvalue weighted by Crippen LogP contribution is 2.29. The van der Waals surface area contributed by atoms with Crippen LogP contribution in [0.4, 0.5) is 10.1 Å². The average Bonchev–Trinajstić information content (AvgIpc) is 3.19. The number of hydrazine groups is 1. The number of likely N-dealkylation sites (tertiary alicyclic amines) is 1. The lowest BCUT2D eigenvalue weighted by molar-refractivity contribution is 0.0577. The van der Waals surface area contributed by atoms with E-state index in [1.54, 1.807) is 35.6 Å². The molecule has 0 aliphatic carbocycles. The molecule has 1 aromatic carbocycles. The van der Waals surface area contributed by atoms with Crippen molar-refractivity contribution in [2.45, 2.75) is 19.8 Å². The Balaban J connectivity index is 1.47. The molecule has 1 saturated heterocycles. The van der Waals surface area contributed by atoms with Gasteiger partial charge in [-0.2, -0.15) is 0 Å². The molecular formula is C20H21FN4O2. The van der Waals surface area contributed by atoms with Crippen LogP contribution >= 0.6 is 0 Å². The Morgan fingerprint density at radius 2 is 2.11 bits per heavy atom. The minimum atomic E-state index is -0.282. The standard InChI is InChI=1S/C20H21FN4O2/c1-14-11-22-9-8-18(14)20(26)24-10-2-3-15(12-24)19-13-25(23-27-19)17-6-4-16(21)5-7-17/h4-9,11,13,15,23H,2-3,10,12H2,1H3/t15-/m0/s1. The molecule has 0 unspecified atom stereocenters. The van der Waals surface area contributed by atoms with E-state index in [-0.39, 0.29) is 17.6 Å². The van der Waals surface area contributed by atoms with Gasteiger partial charge >= 0.3 is 0 Å². The van der Waals surface area contributed by atoms with E-state index in [2.05, 4.69) is 10.6 Å². The van der Waals surface area contributed by atoms with Crippen molar-refractivity contribution in [1.82, 2.24) is 15.5 Å².